The normalized spacial score (nSPS) is 13.8. The van der Waals surface area contributed by atoms with Crippen LogP contribution in [0, 0.1) is 5.92 Å². The number of ether oxygens (including phenoxy) is 2. The third-order valence-corrected chi connectivity index (χ3v) is 6.85. The van der Waals surface area contributed by atoms with E-state index in [2.05, 4.69) is 56.4 Å². The van der Waals surface area contributed by atoms with Gasteiger partial charge in [-0.1, -0.05) is 133 Å². The highest BCUT2D eigenvalue weighted by Gasteiger charge is 2.12. The van der Waals surface area contributed by atoms with Crippen LogP contribution in [0.1, 0.15) is 130 Å². The van der Waals surface area contributed by atoms with Crippen molar-refractivity contribution in [2.45, 2.75) is 142 Å². The number of esters is 2. The fourth-order valence-electron chi connectivity index (χ4n) is 4.14. The molecule has 0 saturated carbocycles. The summed E-state index contributed by atoms with van der Waals surface area (Å²) in [5, 5.41) is 19.4. The summed E-state index contributed by atoms with van der Waals surface area (Å²) in [6.45, 7) is 6.19. The van der Waals surface area contributed by atoms with Gasteiger partial charge in [0.25, 0.3) is 0 Å². The molecule has 6 nitrogen and oxygen atoms in total. The SMILES string of the molecule is CC[C@H](O)/C=C/C=C\C/C=C\C/C=C\C/C=C\CCCC(=O)OC[C@@H](O)COC(=O)CCCCCCCCCCC(C)C. The smallest absolute Gasteiger partial charge is 0.305 e. The van der Waals surface area contributed by atoms with Gasteiger partial charge in [0.1, 0.15) is 19.3 Å². The number of aliphatic hydroxyl groups excluding tert-OH is 2. The maximum atomic E-state index is 11.9. The average Bonchev–Trinajstić information content (AvgIpc) is 2.99. The third-order valence-electron chi connectivity index (χ3n) is 6.85. The lowest BCUT2D eigenvalue weighted by molar-refractivity contribution is -0.152. The Hall–Kier alpha value is -2.44. The molecule has 0 aliphatic heterocycles. The molecule has 2 N–H and O–H groups in total. The molecule has 2 atom stereocenters. The molecule has 246 valence electrons. The molecule has 0 heterocycles. The lowest BCUT2D eigenvalue weighted by atomic mass is 10.0. The van der Waals surface area contributed by atoms with E-state index in [-0.39, 0.29) is 31.3 Å². The summed E-state index contributed by atoms with van der Waals surface area (Å²) in [4.78, 5) is 23.8. The van der Waals surface area contributed by atoms with Gasteiger partial charge in [0.15, 0.2) is 0 Å². The van der Waals surface area contributed by atoms with Gasteiger partial charge < -0.3 is 19.7 Å². The van der Waals surface area contributed by atoms with Gasteiger partial charge in [-0.3, -0.25) is 9.59 Å². The van der Waals surface area contributed by atoms with Crippen LogP contribution in [0.5, 0.6) is 0 Å². The summed E-state index contributed by atoms with van der Waals surface area (Å²) in [5.74, 6) is 0.141. The Morgan fingerprint density at radius 3 is 1.67 bits per heavy atom. The van der Waals surface area contributed by atoms with E-state index in [0.717, 1.165) is 57.3 Å². The summed E-state index contributed by atoms with van der Waals surface area (Å²) in [6.07, 6.45) is 35.2. The lowest BCUT2D eigenvalue weighted by Crippen LogP contribution is -2.25. The number of carbonyl (C=O) groups is 2. The molecular weight excluding hydrogens is 540 g/mol. The molecule has 0 aliphatic carbocycles. The first-order valence-corrected chi connectivity index (χ1v) is 16.8. The molecule has 0 unspecified atom stereocenters. The predicted molar refractivity (Wildman–Crippen MR) is 179 cm³/mol. The Balaban J connectivity index is 3.63. The third kappa shape index (κ3) is 32.3. The summed E-state index contributed by atoms with van der Waals surface area (Å²) < 4.78 is 10.2. The van der Waals surface area contributed by atoms with Crippen molar-refractivity contribution in [3.63, 3.8) is 0 Å². The Labute approximate surface area is 263 Å². The van der Waals surface area contributed by atoms with Crippen LogP contribution in [0.3, 0.4) is 0 Å². The highest BCUT2D eigenvalue weighted by molar-refractivity contribution is 5.69. The van der Waals surface area contributed by atoms with Crippen LogP contribution in [0.2, 0.25) is 0 Å². The van der Waals surface area contributed by atoms with E-state index in [1.807, 2.05) is 19.1 Å². The molecule has 0 bridgehead atoms. The summed E-state index contributed by atoms with van der Waals surface area (Å²) in [6, 6.07) is 0. The van der Waals surface area contributed by atoms with Crippen molar-refractivity contribution in [2.75, 3.05) is 13.2 Å². The predicted octanol–water partition coefficient (Wildman–Crippen LogP) is 8.88. The quantitative estimate of drug-likeness (QED) is 0.0402. The standard InChI is InChI=1S/C37H62O6/c1-4-34(38)28-24-20-16-11-9-7-5-6-8-10-12-17-21-25-29-36(40)42-31-35(39)32-43-37(41)30-26-22-18-14-13-15-19-23-27-33(2)3/h6-9,12,16-17,20,24,28,33-35,38-39H,4-5,10-11,13-15,18-19,21-23,25-27,29-32H2,1-3H3/b8-6-,9-7-,17-12-,20-16-,28-24+/t34-,35+/m0/s1. The minimum Gasteiger partial charge on any atom is -0.463 e. The van der Waals surface area contributed by atoms with Gasteiger partial charge in [-0.15, -0.1) is 0 Å². The van der Waals surface area contributed by atoms with Gasteiger partial charge in [-0.25, -0.2) is 0 Å². The zero-order valence-corrected chi connectivity index (χ0v) is 27.5. The number of carbonyl (C=O) groups excluding carboxylic acids is 2. The molecule has 0 fully saturated rings. The maximum Gasteiger partial charge on any atom is 0.305 e. The van der Waals surface area contributed by atoms with Crippen molar-refractivity contribution in [3.8, 4) is 0 Å². The number of allylic oxidation sites excluding steroid dienone is 9. The molecule has 0 aromatic carbocycles. The molecule has 0 aromatic heterocycles. The van der Waals surface area contributed by atoms with E-state index in [1.54, 1.807) is 6.08 Å². The molecule has 0 rings (SSSR count). The van der Waals surface area contributed by atoms with E-state index in [9.17, 15) is 19.8 Å². The Morgan fingerprint density at radius 2 is 1.12 bits per heavy atom. The van der Waals surface area contributed by atoms with Gasteiger partial charge in [-0.2, -0.15) is 0 Å². The van der Waals surface area contributed by atoms with E-state index in [4.69, 9.17) is 9.47 Å². The van der Waals surface area contributed by atoms with Crippen molar-refractivity contribution in [1.29, 1.82) is 0 Å². The van der Waals surface area contributed by atoms with Gasteiger partial charge in [0.05, 0.1) is 6.10 Å². The van der Waals surface area contributed by atoms with Crippen LogP contribution >= 0.6 is 0 Å². The fraction of sp³-hybridized carbons (Fsp3) is 0.676. The summed E-state index contributed by atoms with van der Waals surface area (Å²) in [5.41, 5.74) is 0. The van der Waals surface area contributed by atoms with E-state index < -0.39 is 6.10 Å². The number of rotatable bonds is 28. The largest absolute Gasteiger partial charge is 0.463 e. The molecule has 0 amide bonds. The Bertz CT molecular complexity index is 808. The van der Waals surface area contributed by atoms with Crippen molar-refractivity contribution >= 4 is 11.9 Å². The van der Waals surface area contributed by atoms with Gasteiger partial charge in [0, 0.05) is 12.8 Å². The zero-order chi connectivity index (χ0) is 31.8. The van der Waals surface area contributed by atoms with E-state index in [1.165, 1.54) is 38.5 Å². The molecule has 0 aromatic rings. The van der Waals surface area contributed by atoms with Gasteiger partial charge in [0.2, 0.25) is 0 Å². The van der Waals surface area contributed by atoms with Crippen molar-refractivity contribution < 1.29 is 29.3 Å². The monoisotopic (exact) mass is 602 g/mol. The average molecular weight is 603 g/mol. The molecule has 6 heteroatoms. The molecular formula is C37H62O6. The van der Waals surface area contributed by atoms with Crippen molar-refractivity contribution in [3.05, 3.63) is 60.8 Å². The van der Waals surface area contributed by atoms with Crippen molar-refractivity contribution in [2.24, 2.45) is 5.92 Å². The van der Waals surface area contributed by atoms with Gasteiger partial charge in [-0.05, 0) is 50.9 Å². The van der Waals surface area contributed by atoms with Crippen LogP contribution in [0.15, 0.2) is 60.8 Å². The zero-order valence-electron chi connectivity index (χ0n) is 27.5. The first kappa shape index (κ1) is 40.6. The summed E-state index contributed by atoms with van der Waals surface area (Å²) in [7, 11) is 0. The van der Waals surface area contributed by atoms with Crippen molar-refractivity contribution in [1.82, 2.24) is 0 Å². The van der Waals surface area contributed by atoms with E-state index >= 15 is 0 Å². The first-order chi connectivity index (χ1) is 20.8. The second-order valence-corrected chi connectivity index (χ2v) is 11.6. The second kappa shape index (κ2) is 31.0. The number of aliphatic hydroxyl groups is 2. The number of hydrogen-bond donors (Lipinski definition) is 2. The van der Waals surface area contributed by atoms with Crippen LogP contribution in [0.4, 0.5) is 0 Å². The van der Waals surface area contributed by atoms with E-state index in [0.29, 0.717) is 19.3 Å². The highest BCUT2D eigenvalue weighted by atomic mass is 16.6. The van der Waals surface area contributed by atoms with Crippen LogP contribution in [-0.4, -0.2) is 47.6 Å². The summed E-state index contributed by atoms with van der Waals surface area (Å²) >= 11 is 0. The fourth-order valence-corrected chi connectivity index (χ4v) is 4.14. The maximum absolute atomic E-state index is 11.9. The Morgan fingerprint density at radius 1 is 0.628 bits per heavy atom. The van der Waals surface area contributed by atoms with Crippen LogP contribution in [0.25, 0.3) is 0 Å². The van der Waals surface area contributed by atoms with Crippen LogP contribution in [-0.2, 0) is 19.1 Å². The molecule has 0 spiro atoms. The minimum atomic E-state index is -0.996. The number of hydrogen-bond acceptors (Lipinski definition) is 6. The number of unbranched alkanes of at least 4 members (excludes halogenated alkanes) is 8. The van der Waals surface area contributed by atoms with Crippen LogP contribution < -0.4 is 0 Å². The second-order valence-electron chi connectivity index (χ2n) is 11.6. The lowest BCUT2D eigenvalue weighted by Gasteiger charge is -2.12. The molecule has 43 heavy (non-hydrogen) atoms. The topological polar surface area (TPSA) is 93.1 Å². The first-order valence-electron chi connectivity index (χ1n) is 16.8. The van der Waals surface area contributed by atoms with Gasteiger partial charge >= 0.3 is 11.9 Å². The highest BCUT2D eigenvalue weighted by Crippen LogP contribution is 2.13. The minimum absolute atomic E-state index is 0.145. The molecule has 0 aliphatic rings. The molecule has 0 radical (unpaired) electrons. The Kier molecular flexibility index (Phi) is 29.2. The molecule has 0 saturated heterocycles.